The number of carbonyl (C=O) groups is 1. The van der Waals surface area contributed by atoms with E-state index in [1.54, 1.807) is 10.9 Å². The third-order valence-electron chi connectivity index (χ3n) is 5.98. The third-order valence-corrected chi connectivity index (χ3v) is 5.98. The van der Waals surface area contributed by atoms with Crippen LogP contribution in [0.1, 0.15) is 40.4 Å². The number of anilines is 1. The van der Waals surface area contributed by atoms with Crippen LogP contribution in [-0.4, -0.2) is 29.8 Å². The molecule has 0 unspecified atom stereocenters. The number of nitrogens with zero attached hydrogens (tertiary/aromatic N) is 5. The first kappa shape index (κ1) is 19.4. The first-order valence-electron chi connectivity index (χ1n) is 10.7. The Hall–Kier alpha value is -3.61. The molecule has 158 valence electrons. The normalized spacial score (nSPS) is 13.3. The Balaban J connectivity index is 1.38. The lowest BCUT2D eigenvalue weighted by molar-refractivity contribution is 0.102. The monoisotopic (exact) mass is 414 g/mol. The Morgan fingerprint density at radius 1 is 1.03 bits per heavy atom. The Morgan fingerprint density at radius 2 is 1.77 bits per heavy atom. The molecule has 0 spiro atoms. The van der Waals surface area contributed by atoms with Crippen LogP contribution in [0.5, 0.6) is 0 Å². The second kappa shape index (κ2) is 7.58. The smallest absolute Gasteiger partial charge is 0.261 e. The molecule has 5 rings (SSSR count). The van der Waals surface area contributed by atoms with E-state index < -0.39 is 0 Å². The van der Waals surface area contributed by atoms with E-state index in [0.717, 1.165) is 47.1 Å². The quantitative estimate of drug-likeness (QED) is 0.542. The van der Waals surface area contributed by atoms with Gasteiger partial charge in [0, 0.05) is 48.8 Å². The van der Waals surface area contributed by atoms with Gasteiger partial charge in [0.1, 0.15) is 17.2 Å². The summed E-state index contributed by atoms with van der Waals surface area (Å²) in [5.41, 5.74) is 5.44. The van der Waals surface area contributed by atoms with E-state index in [1.165, 1.54) is 18.7 Å². The van der Waals surface area contributed by atoms with Crippen molar-refractivity contribution in [3.63, 3.8) is 0 Å². The molecule has 7 heteroatoms. The Bertz CT molecular complexity index is 1210. The number of fused-ring (bicyclic) bond motifs is 1. The van der Waals surface area contributed by atoms with Crippen LogP contribution in [0.4, 0.5) is 5.69 Å². The topological polar surface area (TPSA) is 69.7 Å². The van der Waals surface area contributed by atoms with Crippen LogP contribution in [0.3, 0.4) is 0 Å². The molecule has 0 saturated carbocycles. The van der Waals surface area contributed by atoms with Crippen molar-refractivity contribution >= 4 is 11.6 Å². The Morgan fingerprint density at radius 3 is 2.48 bits per heavy atom. The molecule has 0 atom stereocenters. The highest BCUT2D eigenvalue weighted by atomic mass is 16.1. The van der Waals surface area contributed by atoms with Crippen LogP contribution < -0.4 is 5.32 Å². The number of rotatable bonds is 4. The largest absolute Gasteiger partial charge is 0.334 e. The lowest BCUT2D eigenvalue weighted by atomic mass is 10.1. The van der Waals surface area contributed by atoms with E-state index in [4.69, 9.17) is 4.98 Å². The molecule has 0 radical (unpaired) electrons. The molecule has 7 nitrogen and oxygen atoms in total. The molecule has 1 amide bonds. The van der Waals surface area contributed by atoms with Gasteiger partial charge in [-0.25, -0.2) is 4.98 Å². The van der Waals surface area contributed by atoms with Gasteiger partial charge in [-0.2, -0.15) is 5.10 Å². The lowest BCUT2D eigenvalue weighted by Crippen LogP contribution is -2.16. The summed E-state index contributed by atoms with van der Waals surface area (Å²) in [5, 5.41) is 7.34. The van der Waals surface area contributed by atoms with Gasteiger partial charge in [-0.3, -0.25) is 9.48 Å². The fourth-order valence-corrected chi connectivity index (χ4v) is 4.33. The van der Waals surface area contributed by atoms with Crippen molar-refractivity contribution in [1.82, 2.24) is 23.9 Å². The predicted octanol–water partition coefficient (Wildman–Crippen LogP) is 4.28. The van der Waals surface area contributed by atoms with Crippen LogP contribution in [0.15, 0.2) is 48.8 Å². The molecule has 0 fully saturated rings. The molecule has 1 aromatic carbocycles. The third kappa shape index (κ3) is 3.46. The van der Waals surface area contributed by atoms with Crippen molar-refractivity contribution in [3.05, 3.63) is 71.6 Å². The molecule has 0 saturated heterocycles. The summed E-state index contributed by atoms with van der Waals surface area (Å²) in [7, 11) is 1.85. The van der Waals surface area contributed by atoms with Crippen LogP contribution in [0, 0.1) is 13.8 Å². The summed E-state index contributed by atoms with van der Waals surface area (Å²) in [6.07, 6.45) is 7.22. The minimum absolute atomic E-state index is 0.180. The minimum Gasteiger partial charge on any atom is -0.334 e. The second-order valence-corrected chi connectivity index (χ2v) is 8.18. The van der Waals surface area contributed by atoms with E-state index >= 15 is 0 Å². The van der Waals surface area contributed by atoms with Crippen LogP contribution in [0.2, 0.25) is 0 Å². The minimum atomic E-state index is -0.180. The number of imidazole rings is 1. The zero-order valence-corrected chi connectivity index (χ0v) is 18.1. The van der Waals surface area contributed by atoms with E-state index in [2.05, 4.69) is 21.2 Å². The molecule has 3 aromatic heterocycles. The van der Waals surface area contributed by atoms with Crippen LogP contribution in [0.25, 0.3) is 17.1 Å². The highest BCUT2D eigenvalue weighted by molar-refractivity contribution is 6.06. The van der Waals surface area contributed by atoms with Gasteiger partial charge in [0.25, 0.3) is 5.91 Å². The summed E-state index contributed by atoms with van der Waals surface area (Å²) in [6, 6.07) is 11.9. The summed E-state index contributed by atoms with van der Waals surface area (Å²) in [4.78, 5) is 17.8. The molecule has 4 aromatic rings. The Labute approximate surface area is 181 Å². The molecule has 1 N–H and O–H groups in total. The molecule has 4 heterocycles. The molecule has 31 heavy (non-hydrogen) atoms. The van der Waals surface area contributed by atoms with E-state index in [1.807, 2.05) is 61.9 Å². The molecular formula is C24H26N6O. The van der Waals surface area contributed by atoms with E-state index in [0.29, 0.717) is 5.56 Å². The number of amides is 1. The summed E-state index contributed by atoms with van der Waals surface area (Å²) in [6.45, 7) is 5.09. The molecule has 1 aliphatic rings. The summed E-state index contributed by atoms with van der Waals surface area (Å²) < 4.78 is 6.04. The van der Waals surface area contributed by atoms with Gasteiger partial charge in [0.2, 0.25) is 0 Å². The zero-order valence-electron chi connectivity index (χ0n) is 18.1. The number of aryl methyl sites for hydroxylation is 5. The van der Waals surface area contributed by atoms with Crippen molar-refractivity contribution in [2.75, 3.05) is 5.32 Å². The van der Waals surface area contributed by atoms with E-state index in [9.17, 15) is 4.79 Å². The number of carbonyl (C=O) groups excluding carboxylic acids is 1. The molecular weight excluding hydrogens is 388 g/mol. The van der Waals surface area contributed by atoms with Crippen molar-refractivity contribution in [2.45, 2.75) is 39.7 Å². The van der Waals surface area contributed by atoms with Gasteiger partial charge in [0.05, 0.1) is 11.9 Å². The average molecular weight is 415 g/mol. The molecule has 0 bridgehead atoms. The number of aromatic nitrogens is 5. The number of hydrogen-bond acceptors (Lipinski definition) is 3. The lowest BCUT2D eigenvalue weighted by Gasteiger charge is -2.12. The first-order valence-corrected chi connectivity index (χ1v) is 10.7. The predicted molar refractivity (Wildman–Crippen MR) is 121 cm³/mol. The average Bonchev–Trinajstić information content (AvgIpc) is 3.45. The van der Waals surface area contributed by atoms with Crippen molar-refractivity contribution in [1.29, 1.82) is 0 Å². The molecule has 1 aliphatic heterocycles. The SMILES string of the molecule is Cc1ccc(C)n1-c1c(C(=O)Nc2ccc(-c3cn4c(n3)CCCC4)cc2)cnn1C. The maximum atomic E-state index is 13.1. The van der Waals surface area contributed by atoms with Gasteiger partial charge in [-0.05, 0) is 51.0 Å². The maximum absolute atomic E-state index is 13.1. The summed E-state index contributed by atoms with van der Waals surface area (Å²) in [5.74, 6) is 1.75. The highest BCUT2D eigenvalue weighted by Crippen LogP contribution is 2.25. The second-order valence-electron chi connectivity index (χ2n) is 8.18. The standard InChI is InChI=1S/C24H26N6O/c1-16-7-8-17(2)30(16)24-20(14-25-28(24)3)23(31)26-19-11-9-18(10-12-19)21-15-29-13-5-4-6-22(29)27-21/h7-12,14-15H,4-6,13H2,1-3H3,(H,26,31). The zero-order chi connectivity index (χ0) is 21.5. The number of hydrogen-bond donors (Lipinski definition) is 1. The van der Waals surface area contributed by atoms with E-state index in [-0.39, 0.29) is 5.91 Å². The van der Waals surface area contributed by atoms with Crippen LogP contribution in [-0.2, 0) is 20.0 Å². The fraction of sp³-hybridized carbons (Fsp3) is 0.292. The highest BCUT2D eigenvalue weighted by Gasteiger charge is 2.20. The first-order chi connectivity index (χ1) is 15.0. The fourth-order valence-electron chi connectivity index (χ4n) is 4.33. The van der Waals surface area contributed by atoms with Gasteiger partial charge < -0.3 is 14.5 Å². The van der Waals surface area contributed by atoms with Crippen molar-refractivity contribution < 1.29 is 4.79 Å². The maximum Gasteiger partial charge on any atom is 0.261 e. The molecule has 0 aliphatic carbocycles. The van der Waals surface area contributed by atoms with Gasteiger partial charge in [-0.1, -0.05) is 12.1 Å². The van der Waals surface area contributed by atoms with Gasteiger partial charge >= 0.3 is 0 Å². The van der Waals surface area contributed by atoms with Crippen molar-refractivity contribution in [3.8, 4) is 17.1 Å². The van der Waals surface area contributed by atoms with Gasteiger partial charge in [0.15, 0.2) is 0 Å². The Kier molecular flexibility index (Phi) is 4.73. The van der Waals surface area contributed by atoms with Gasteiger partial charge in [-0.15, -0.1) is 0 Å². The summed E-state index contributed by atoms with van der Waals surface area (Å²) >= 11 is 0. The van der Waals surface area contributed by atoms with Crippen LogP contribution >= 0.6 is 0 Å². The number of nitrogens with one attached hydrogen (secondary N) is 1. The van der Waals surface area contributed by atoms with Crippen molar-refractivity contribution in [2.24, 2.45) is 7.05 Å². The number of benzene rings is 1.